The Kier molecular flexibility index (Phi) is 4.57. The van der Waals surface area contributed by atoms with Crippen molar-refractivity contribution >= 4 is 28.9 Å². The van der Waals surface area contributed by atoms with Crippen molar-refractivity contribution < 1.29 is 14.4 Å². The van der Waals surface area contributed by atoms with Crippen molar-refractivity contribution in [2.45, 2.75) is 25.7 Å². The van der Waals surface area contributed by atoms with Gasteiger partial charge < -0.3 is 9.80 Å². The van der Waals surface area contributed by atoms with Crippen LogP contribution in [0, 0.1) is 5.92 Å². The summed E-state index contributed by atoms with van der Waals surface area (Å²) in [5, 5.41) is 1.87. The molecule has 3 rings (SSSR count). The summed E-state index contributed by atoms with van der Waals surface area (Å²) in [6.45, 7) is 2.43. The lowest BCUT2D eigenvalue weighted by atomic mass is 10.1. The zero-order chi connectivity index (χ0) is 15.5. The Hall–Kier alpha value is -1.69. The highest BCUT2D eigenvalue weighted by Gasteiger charge is 2.35. The monoisotopic (exact) mass is 320 g/mol. The maximum absolute atomic E-state index is 12.2. The van der Waals surface area contributed by atoms with E-state index in [1.807, 2.05) is 16.3 Å². The molecule has 1 saturated heterocycles. The fourth-order valence-corrected chi connectivity index (χ4v) is 3.40. The highest BCUT2D eigenvalue weighted by Crippen LogP contribution is 2.31. The lowest BCUT2D eigenvalue weighted by molar-refractivity contribution is -0.140. The van der Waals surface area contributed by atoms with Crippen LogP contribution in [0.3, 0.4) is 0 Å². The number of carbonyl (C=O) groups excluding carboxylic acids is 3. The van der Waals surface area contributed by atoms with E-state index in [0.717, 1.165) is 12.8 Å². The Morgan fingerprint density at radius 1 is 1.05 bits per heavy atom. The molecule has 1 saturated carbocycles. The molecule has 2 amide bonds. The van der Waals surface area contributed by atoms with Crippen molar-refractivity contribution in [2.24, 2.45) is 5.92 Å². The molecule has 5 nitrogen and oxygen atoms in total. The van der Waals surface area contributed by atoms with Gasteiger partial charge in [-0.15, -0.1) is 11.3 Å². The Morgan fingerprint density at radius 2 is 1.73 bits per heavy atom. The third-order valence-corrected chi connectivity index (χ3v) is 5.14. The van der Waals surface area contributed by atoms with Gasteiger partial charge in [0, 0.05) is 44.9 Å². The van der Waals surface area contributed by atoms with Crippen molar-refractivity contribution in [1.29, 1.82) is 0 Å². The number of hydrogen-bond acceptors (Lipinski definition) is 4. The molecule has 1 aliphatic heterocycles. The van der Waals surface area contributed by atoms with Gasteiger partial charge in [0.2, 0.25) is 11.8 Å². The van der Waals surface area contributed by atoms with Gasteiger partial charge in [-0.25, -0.2) is 0 Å². The van der Waals surface area contributed by atoms with Crippen molar-refractivity contribution in [3.8, 4) is 0 Å². The molecule has 6 heteroatoms. The minimum Gasteiger partial charge on any atom is -0.339 e. The molecule has 1 aromatic rings. The SMILES string of the molecule is O=C(CCC(=O)N1CCN(C(=O)C2CC2)CC1)c1cccs1. The average molecular weight is 320 g/mol. The van der Waals surface area contributed by atoms with E-state index in [1.165, 1.54) is 11.3 Å². The van der Waals surface area contributed by atoms with Gasteiger partial charge in [0.15, 0.2) is 5.78 Å². The largest absolute Gasteiger partial charge is 0.339 e. The first-order valence-corrected chi connectivity index (χ1v) is 8.66. The van der Waals surface area contributed by atoms with Crippen LogP contribution in [0.1, 0.15) is 35.4 Å². The highest BCUT2D eigenvalue weighted by atomic mass is 32.1. The Labute approximate surface area is 133 Å². The number of hydrogen-bond donors (Lipinski definition) is 0. The molecule has 0 N–H and O–H groups in total. The standard InChI is InChI=1S/C16H20N2O3S/c19-13(14-2-1-11-22-14)5-6-15(20)17-7-9-18(10-8-17)16(21)12-3-4-12/h1-2,11-12H,3-10H2. The van der Waals surface area contributed by atoms with Gasteiger partial charge in [-0.05, 0) is 24.3 Å². The molecule has 0 aromatic carbocycles. The van der Waals surface area contributed by atoms with Crippen LogP contribution in [0.5, 0.6) is 0 Å². The van der Waals surface area contributed by atoms with Crippen molar-refractivity contribution in [3.63, 3.8) is 0 Å². The number of amides is 2. The van der Waals surface area contributed by atoms with Gasteiger partial charge in [-0.2, -0.15) is 0 Å². The van der Waals surface area contributed by atoms with Crippen LogP contribution >= 0.6 is 11.3 Å². The molecular weight excluding hydrogens is 300 g/mol. The lowest BCUT2D eigenvalue weighted by Crippen LogP contribution is -2.51. The van der Waals surface area contributed by atoms with Gasteiger partial charge in [0.05, 0.1) is 4.88 Å². The van der Waals surface area contributed by atoms with E-state index in [9.17, 15) is 14.4 Å². The third-order valence-electron chi connectivity index (χ3n) is 4.23. The molecule has 0 unspecified atom stereocenters. The molecular formula is C16H20N2O3S. The summed E-state index contributed by atoms with van der Waals surface area (Å²) in [5.41, 5.74) is 0. The van der Waals surface area contributed by atoms with E-state index < -0.39 is 0 Å². The normalized spacial score (nSPS) is 18.4. The topological polar surface area (TPSA) is 57.7 Å². The number of carbonyl (C=O) groups is 3. The molecule has 0 spiro atoms. The Morgan fingerprint density at radius 3 is 2.32 bits per heavy atom. The van der Waals surface area contributed by atoms with E-state index in [4.69, 9.17) is 0 Å². The van der Waals surface area contributed by atoms with Crippen LogP contribution in [-0.4, -0.2) is 53.6 Å². The number of ketones is 1. The van der Waals surface area contributed by atoms with Crippen LogP contribution in [0.4, 0.5) is 0 Å². The van der Waals surface area contributed by atoms with Gasteiger partial charge in [-0.3, -0.25) is 14.4 Å². The summed E-state index contributed by atoms with van der Waals surface area (Å²) < 4.78 is 0. The first kappa shape index (κ1) is 15.2. The lowest BCUT2D eigenvalue weighted by Gasteiger charge is -2.35. The summed E-state index contributed by atoms with van der Waals surface area (Å²) in [6, 6.07) is 3.63. The van der Waals surface area contributed by atoms with Crippen LogP contribution in [0.15, 0.2) is 17.5 Å². The quantitative estimate of drug-likeness (QED) is 0.777. The molecule has 0 bridgehead atoms. The minimum absolute atomic E-state index is 0.0171. The van der Waals surface area contributed by atoms with E-state index in [1.54, 1.807) is 11.0 Å². The van der Waals surface area contributed by atoms with Crippen LogP contribution in [-0.2, 0) is 9.59 Å². The van der Waals surface area contributed by atoms with E-state index >= 15 is 0 Å². The summed E-state index contributed by atoms with van der Waals surface area (Å²) in [5.74, 6) is 0.542. The van der Waals surface area contributed by atoms with Crippen LogP contribution in [0.2, 0.25) is 0 Å². The second-order valence-electron chi connectivity index (χ2n) is 5.88. The van der Waals surface area contributed by atoms with E-state index in [-0.39, 0.29) is 36.4 Å². The second kappa shape index (κ2) is 6.60. The molecule has 1 aromatic heterocycles. The number of rotatable bonds is 5. The van der Waals surface area contributed by atoms with Crippen molar-refractivity contribution in [1.82, 2.24) is 9.80 Å². The van der Waals surface area contributed by atoms with E-state index in [2.05, 4.69) is 0 Å². The summed E-state index contributed by atoms with van der Waals surface area (Å²) in [4.78, 5) is 40.4. The minimum atomic E-state index is 0.0171. The van der Waals surface area contributed by atoms with Gasteiger partial charge in [-0.1, -0.05) is 6.07 Å². The molecule has 1 aliphatic carbocycles. The Balaban J connectivity index is 1.42. The van der Waals surface area contributed by atoms with Gasteiger partial charge in [0.1, 0.15) is 0 Å². The molecule has 118 valence electrons. The second-order valence-corrected chi connectivity index (χ2v) is 6.83. The number of Topliss-reactive ketones (excluding diaryl/α,β-unsaturated/α-hetero) is 1. The molecule has 2 heterocycles. The van der Waals surface area contributed by atoms with Crippen molar-refractivity contribution in [3.05, 3.63) is 22.4 Å². The summed E-state index contributed by atoms with van der Waals surface area (Å²) in [7, 11) is 0. The first-order valence-electron chi connectivity index (χ1n) is 7.78. The average Bonchev–Trinajstić information content (AvgIpc) is 3.25. The highest BCUT2D eigenvalue weighted by molar-refractivity contribution is 7.12. The summed E-state index contributed by atoms with van der Waals surface area (Å²) >= 11 is 1.41. The number of nitrogens with zero attached hydrogens (tertiary/aromatic N) is 2. The van der Waals surface area contributed by atoms with Crippen LogP contribution < -0.4 is 0 Å². The molecule has 22 heavy (non-hydrogen) atoms. The predicted molar refractivity (Wildman–Crippen MR) is 83.8 cm³/mol. The molecule has 2 aliphatic rings. The molecule has 2 fully saturated rings. The van der Waals surface area contributed by atoms with Crippen molar-refractivity contribution in [2.75, 3.05) is 26.2 Å². The molecule has 0 atom stereocenters. The number of piperazine rings is 1. The van der Waals surface area contributed by atoms with Gasteiger partial charge in [0.25, 0.3) is 0 Å². The fourth-order valence-electron chi connectivity index (χ4n) is 2.70. The summed E-state index contributed by atoms with van der Waals surface area (Å²) in [6.07, 6.45) is 2.56. The first-order chi connectivity index (χ1) is 10.6. The smallest absolute Gasteiger partial charge is 0.225 e. The maximum atomic E-state index is 12.2. The Bertz CT molecular complexity index is 558. The number of thiophene rings is 1. The molecule has 0 radical (unpaired) electrons. The fraction of sp³-hybridized carbons (Fsp3) is 0.562. The third kappa shape index (κ3) is 3.55. The van der Waals surface area contributed by atoms with E-state index in [0.29, 0.717) is 31.1 Å². The predicted octanol–water partition coefficient (Wildman–Crippen LogP) is 1.79. The van der Waals surface area contributed by atoms with Crippen LogP contribution in [0.25, 0.3) is 0 Å². The van der Waals surface area contributed by atoms with Gasteiger partial charge >= 0.3 is 0 Å². The zero-order valence-corrected chi connectivity index (χ0v) is 13.3. The zero-order valence-electron chi connectivity index (χ0n) is 12.5. The maximum Gasteiger partial charge on any atom is 0.225 e.